The summed E-state index contributed by atoms with van der Waals surface area (Å²) in [6, 6.07) is 13.0. The summed E-state index contributed by atoms with van der Waals surface area (Å²) in [4.78, 5) is 5.97. The number of aromatic nitrogens is 1. The molecule has 1 aliphatic heterocycles. The lowest BCUT2D eigenvalue weighted by atomic mass is 10.2. The van der Waals surface area contributed by atoms with Gasteiger partial charge in [-0.1, -0.05) is 30.3 Å². The second-order valence-electron chi connectivity index (χ2n) is 5.70. The van der Waals surface area contributed by atoms with E-state index in [9.17, 15) is 13.2 Å². The van der Waals surface area contributed by atoms with Crippen LogP contribution in [-0.2, 0) is 12.7 Å². The number of hydrogen-bond donors (Lipinski definition) is 1. The Bertz CT molecular complexity index is 626. The van der Waals surface area contributed by atoms with Crippen molar-refractivity contribution < 1.29 is 13.2 Å². The first-order chi connectivity index (χ1) is 11.0. The summed E-state index contributed by atoms with van der Waals surface area (Å²) in [5.41, 5.74) is 0.512. The van der Waals surface area contributed by atoms with Gasteiger partial charge in [0.25, 0.3) is 0 Å². The summed E-state index contributed by atoms with van der Waals surface area (Å²) in [6.07, 6.45) is -2.48. The van der Waals surface area contributed by atoms with Gasteiger partial charge >= 0.3 is 6.18 Å². The number of alkyl halides is 3. The molecule has 6 heteroatoms. The monoisotopic (exact) mass is 321 g/mol. The second kappa shape index (κ2) is 6.58. The van der Waals surface area contributed by atoms with Gasteiger partial charge in [0.2, 0.25) is 0 Å². The molecule has 1 aromatic heterocycles. The van der Waals surface area contributed by atoms with Gasteiger partial charge in [0.05, 0.1) is 5.56 Å². The second-order valence-corrected chi connectivity index (χ2v) is 5.70. The van der Waals surface area contributed by atoms with Crippen LogP contribution in [0.1, 0.15) is 17.5 Å². The minimum absolute atomic E-state index is 0.319. The van der Waals surface area contributed by atoms with Crippen LogP contribution in [-0.4, -0.2) is 24.1 Å². The van der Waals surface area contributed by atoms with Gasteiger partial charge in [-0.25, -0.2) is 4.98 Å². The van der Waals surface area contributed by atoms with Crippen LogP contribution >= 0.6 is 0 Å². The summed E-state index contributed by atoms with van der Waals surface area (Å²) in [6.45, 7) is 2.34. The van der Waals surface area contributed by atoms with Gasteiger partial charge in [-0.15, -0.1) is 0 Å². The van der Waals surface area contributed by atoms with E-state index in [4.69, 9.17) is 0 Å². The van der Waals surface area contributed by atoms with Crippen molar-refractivity contribution >= 4 is 5.82 Å². The summed E-state index contributed by atoms with van der Waals surface area (Å²) in [5.74, 6) is 0.599. The highest BCUT2D eigenvalue weighted by atomic mass is 19.4. The highest BCUT2D eigenvalue weighted by molar-refractivity contribution is 5.41. The largest absolute Gasteiger partial charge is 0.417 e. The van der Waals surface area contributed by atoms with Crippen LogP contribution < -0.4 is 10.2 Å². The Balaban J connectivity index is 1.55. The first kappa shape index (κ1) is 15.8. The predicted molar refractivity (Wildman–Crippen MR) is 83.1 cm³/mol. The molecule has 1 aliphatic rings. The number of anilines is 1. The van der Waals surface area contributed by atoms with Crippen LogP contribution in [0.5, 0.6) is 0 Å². The van der Waals surface area contributed by atoms with E-state index >= 15 is 0 Å². The van der Waals surface area contributed by atoms with Crippen molar-refractivity contribution in [3.8, 4) is 0 Å². The normalized spacial score (nSPS) is 18.4. The standard InChI is InChI=1S/C17H18F3N3/c18-17(19,20)14-6-7-16(22-11-14)23-9-8-15(12-23)21-10-13-4-2-1-3-5-13/h1-7,11,15,21H,8-10,12H2. The molecule has 0 aliphatic carbocycles. The molecular weight excluding hydrogens is 303 g/mol. The van der Waals surface area contributed by atoms with Crippen LogP contribution in [0.25, 0.3) is 0 Å². The maximum absolute atomic E-state index is 12.6. The number of hydrogen-bond acceptors (Lipinski definition) is 3. The van der Waals surface area contributed by atoms with E-state index in [1.54, 1.807) is 0 Å². The van der Waals surface area contributed by atoms with E-state index in [1.165, 1.54) is 11.6 Å². The van der Waals surface area contributed by atoms with Crippen molar-refractivity contribution in [1.82, 2.24) is 10.3 Å². The Hall–Kier alpha value is -2.08. The van der Waals surface area contributed by atoms with E-state index in [2.05, 4.69) is 22.4 Å². The van der Waals surface area contributed by atoms with Crippen molar-refractivity contribution in [1.29, 1.82) is 0 Å². The third-order valence-corrected chi connectivity index (χ3v) is 4.03. The van der Waals surface area contributed by atoms with Gasteiger partial charge in [0.15, 0.2) is 0 Å². The molecule has 23 heavy (non-hydrogen) atoms. The first-order valence-corrected chi connectivity index (χ1v) is 7.58. The first-order valence-electron chi connectivity index (χ1n) is 7.58. The third-order valence-electron chi connectivity index (χ3n) is 4.03. The fourth-order valence-electron chi connectivity index (χ4n) is 2.73. The summed E-state index contributed by atoms with van der Waals surface area (Å²) >= 11 is 0. The maximum atomic E-state index is 12.6. The van der Waals surface area contributed by atoms with Gasteiger partial charge < -0.3 is 10.2 Å². The summed E-state index contributed by atoms with van der Waals surface area (Å²) < 4.78 is 37.7. The van der Waals surface area contributed by atoms with Gasteiger partial charge in [0, 0.05) is 31.9 Å². The predicted octanol–water partition coefficient (Wildman–Crippen LogP) is 3.47. The maximum Gasteiger partial charge on any atom is 0.417 e. The quantitative estimate of drug-likeness (QED) is 0.934. The number of nitrogens with zero attached hydrogens (tertiary/aromatic N) is 2. The van der Waals surface area contributed by atoms with E-state index in [0.717, 1.165) is 38.3 Å². The molecule has 2 heterocycles. The molecule has 1 fully saturated rings. The molecule has 0 spiro atoms. The Labute approximate surface area is 133 Å². The number of pyridine rings is 1. The van der Waals surface area contributed by atoms with Gasteiger partial charge in [-0.3, -0.25) is 0 Å². The van der Waals surface area contributed by atoms with Gasteiger partial charge in [0.1, 0.15) is 5.82 Å². The third kappa shape index (κ3) is 4.01. The van der Waals surface area contributed by atoms with Crippen molar-refractivity contribution in [3.63, 3.8) is 0 Å². The molecule has 0 saturated carbocycles. The van der Waals surface area contributed by atoms with Crippen LogP contribution in [0.4, 0.5) is 19.0 Å². The molecule has 0 radical (unpaired) electrons. The van der Waals surface area contributed by atoms with Gasteiger partial charge in [-0.05, 0) is 24.1 Å². The fourth-order valence-corrected chi connectivity index (χ4v) is 2.73. The Morgan fingerprint density at radius 3 is 2.57 bits per heavy atom. The lowest BCUT2D eigenvalue weighted by molar-refractivity contribution is -0.137. The van der Waals surface area contributed by atoms with Crippen molar-refractivity contribution in [2.75, 3.05) is 18.0 Å². The molecule has 3 rings (SSSR count). The zero-order valence-corrected chi connectivity index (χ0v) is 12.6. The van der Waals surface area contributed by atoms with E-state index in [0.29, 0.717) is 11.9 Å². The zero-order chi connectivity index (χ0) is 16.3. The van der Waals surface area contributed by atoms with Crippen LogP contribution in [0.2, 0.25) is 0 Å². The van der Waals surface area contributed by atoms with Crippen molar-refractivity contribution in [3.05, 3.63) is 59.8 Å². The molecule has 2 aromatic rings. The van der Waals surface area contributed by atoms with Crippen LogP contribution in [0.15, 0.2) is 48.7 Å². The summed E-state index contributed by atoms with van der Waals surface area (Å²) in [7, 11) is 0. The molecule has 3 nitrogen and oxygen atoms in total. The Morgan fingerprint density at radius 2 is 1.91 bits per heavy atom. The number of halogens is 3. The highest BCUT2D eigenvalue weighted by Gasteiger charge is 2.31. The average molecular weight is 321 g/mol. The topological polar surface area (TPSA) is 28.2 Å². The van der Waals surface area contributed by atoms with E-state index < -0.39 is 11.7 Å². The molecule has 0 bridgehead atoms. The SMILES string of the molecule is FC(F)(F)c1ccc(N2CCC(NCc3ccccc3)C2)nc1. The lowest BCUT2D eigenvalue weighted by Gasteiger charge is -2.18. The lowest BCUT2D eigenvalue weighted by Crippen LogP contribution is -2.32. The van der Waals surface area contributed by atoms with Crippen LogP contribution in [0, 0.1) is 0 Å². The Kier molecular flexibility index (Phi) is 4.52. The average Bonchev–Trinajstić information content (AvgIpc) is 3.02. The number of rotatable bonds is 4. The molecule has 1 saturated heterocycles. The number of nitrogens with one attached hydrogen (secondary N) is 1. The molecule has 1 atom stereocenters. The minimum atomic E-state index is -4.34. The zero-order valence-electron chi connectivity index (χ0n) is 12.6. The van der Waals surface area contributed by atoms with E-state index in [1.807, 2.05) is 23.1 Å². The van der Waals surface area contributed by atoms with Crippen molar-refractivity contribution in [2.24, 2.45) is 0 Å². The minimum Gasteiger partial charge on any atom is -0.355 e. The molecular formula is C17H18F3N3. The molecule has 0 amide bonds. The molecule has 1 aromatic carbocycles. The molecule has 122 valence electrons. The number of benzene rings is 1. The fraction of sp³-hybridized carbons (Fsp3) is 0.353. The van der Waals surface area contributed by atoms with Crippen LogP contribution in [0.3, 0.4) is 0 Å². The molecule has 1 N–H and O–H groups in total. The van der Waals surface area contributed by atoms with E-state index in [-0.39, 0.29) is 0 Å². The smallest absolute Gasteiger partial charge is 0.355 e. The Morgan fingerprint density at radius 1 is 1.13 bits per heavy atom. The van der Waals surface area contributed by atoms with Gasteiger partial charge in [-0.2, -0.15) is 13.2 Å². The highest BCUT2D eigenvalue weighted by Crippen LogP contribution is 2.29. The van der Waals surface area contributed by atoms with Crippen molar-refractivity contribution in [2.45, 2.75) is 25.2 Å². The molecule has 1 unspecified atom stereocenters. The summed E-state index contributed by atoms with van der Waals surface area (Å²) in [5, 5.41) is 3.48.